The SMILES string of the molecule is CC[C@H]1OC(=O)[C@H](C)C(=O)[C@H](C)[C@@H](O[C@@H]2O[C@H](C)C[C@H](N(C)C)[C@H]2O)[C@@](C)(OC)C[C@@H](C)C(=O)/C(COC(C)=O)=C/[C@]1(C)O. The van der Waals surface area contributed by atoms with Crippen molar-refractivity contribution in [2.75, 3.05) is 27.8 Å². The second-order valence-electron chi connectivity index (χ2n) is 13.0. The van der Waals surface area contributed by atoms with E-state index in [4.69, 9.17) is 23.7 Å². The number of ketones is 2. The molecule has 0 bridgehead atoms. The molecule has 0 radical (unpaired) electrons. The maximum absolute atomic E-state index is 13.9. The molecular formula is C32H53NO11. The van der Waals surface area contributed by atoms with Crippen LogP contribution in [0, 0.1) is 17.8 Å². The molecule has 12 heteroatoms. The summed E-state index contributed by atoms with van der Waals surface area (Å²) in [6.45, 7) is 12.2. The van der Waals surface area contributed by atoms with Gasteiger partial charge < -0.3 is 38.8 Å². The second-order valence-corrected chi connectivity index (χ2v) is 13.0. The zero-order valence-electron chi connectivity index (χ0n) is 28.1. The van der Waals surface area contributed by atoms with Gasteiger partial charge in [-0.2, -0.15) is 0 Å². The summed E-state index contributed by atoms with van der Waals surface area (Å²) >= 11 is 0. The van der Waals surface area contributed by atoms with Crippen molar-refractivity contribution in [1.29, 1.82) is 0 Å². The van der Waals surface area contributed by atoms with Crippen LogP contribution in [0.25, 0.3) is 0 Å². The summed E-state index contributed by atoms with van der Waals surface area (Å²) in [6, 6.07) is -0.288. The van der Waals surface area contributed by atoms with Gasteiger partial charge in [0.25, 0.3) is 0 Å². The first-order valence-electron chi connectivity index (χ1n) is 15.4. The van der Waals surface area contributed by atoms with Crippen LogP contribution >= 0.6 is 0 Å². The highest BCUT2D eigenvalue weighted by Gasteiger charge is 2.50. The van der Waals surface area contributed by atoms with Crippen LogP contribution in [0.1, 0.15) is 74.7 Å². The first-order chi connectivity index (χ1) is 20.3. The molecule has 11 atom stereocenters. The fourth-order valence-electron chi connectivity index (χ4n) is 6.25. The number of carbonyl (C=O) groups excluding carboxylic acids is 4. The van der Waals surface area contributed by atoms with Gasteiger partial charge in [0.05, 0.1) is 17.8 Å². The Morgan fingerprint density at radius 3 is 2.27 bits per heavy atom. The highest BCUT2D eigenvalue weighted by molar-refractivity contribution is 6.00. The van der Waals surface area contributed by atoms with E-state index in [9.17, 15) is 29.4 Å². The molecule has 0 aromatic rings. The van der Waals surface area contributed by atoms with E-state index in [0.717, 1.165) is 0 Å². The standard InChI is InChI=1S/C32H53NO11/c1-12-24-31(7,39)15-22(16-41-21(6)34)25(35)17(2)14-32(8,40-11)28(19(4)26(36)20(5)29(38)43-24)44-30-27(37)23(33(9)10)13-18(3)42-30/h15,17-20,23-24,27-28,30,37,39H,12-14,16H2,1-11H3/b22-15+/t17-,18-,19+,20-,23+,24-,27-,28-,30+,31+,32+/m1/s1. The van der Waals surface area contributed by atoms with Crippen LogP contribution in [0.15, 0.2) is 11.6 Å². The Hall–Kier alpha value is -2.22. The number of hydrogen-bond acceptors (Lipinski definition) is 12. The highest BCUT2D eigenvalue weighted by Crippen LogP contribution is 2.37. The van der Waals surface area contributed by atoms with Crippen LogP contribution in [-0.2, 0) is 42.9 Å². The number of likely N-dealkylation sites (N-methyl/N-ethyl adjacent to an activating group) is 1. The Bertz CT molecular complexity index is 1070. The fourth-order valence-corrected chi connectivity index (χ4v) is 6.25. The molecule has 2 rings (SSSR count). The van der Waals surface area contributed by atoms with Gasteiger partial charge in [0.2, 0.25) is 0 Å². The maximum atomic E-state index is 13.9. The molecule has 0 aromatic heterocycles. The van der Waals surface area contributed by atoms with E-state index in [2.05, 4.69) is 0 Å². The molecule has 12 nitrogen and oxygen atoms in total. The Kier molecular flexibility index (Phi) is 13.3. The number of Topliss-reactive ketones (excluding diaryl/α,β-unsaturated/α-hetero) is 2. The number of ether oxygens (including phenoxy) is 5. The first kappa shape index (κ1) is 38.0. The number of methoxy groups -OCH3 is 1. The maximum Gasteiger partial charge on any atom is 0.316 e. The molecule has 252 valence electrons. The topological polar surface area (TPSA) is 158 Å². The number of aliphatic hydroxyl groups is 2. The smallest absolute Gasteiger partial charge is 0.316 e. The first-order valence-corrected chi connectivity index (χ1v) is 15.4. The Morgan fingerprint density at radius 2 is 1.75 bits per heavy atom. The fraction of sp³-hybridized carbons (Fsp3) is 0.812. The third-order valence-electron chi connectivity index (χ3n) is 8.96. The van der Waals surface area contributed by atoms with Gasteiger partial charge in [-0.05, 0) is 67.1 Å². The lowest BCUT2D eigenvalue weighted by Crippen LogP contribution is -2.59. The Labute approximate surface area is 261 Å². The number of carbonyl (C=O) groups is 4. The van der Waals surface area contributed by atoms with E-state index in [0.29, 0.717) is 6.42 Å². The van der Waals surface area contributed by atoms with E-state index in [1.807, 2.05) is 25.9 Å². The van der Waals surface area contributed by atoms with Crippen molar-refractivity contribution < 1.29 is 53.1 Å². The summed E-state index contributed by atoms with van der Waals surface area (Å²) in [5.74, 6) is -5.38. The number of nitrogens with zero attached hydrogens (tertiary/aromatic N) is 1. The molecule has 2 aliphatic rings. The van der Waals surface area contributed by atoms with E-state index < -0.39 is 83.7 Å². The van der Waals surface area contributed by atoms with Crippen LogP contribution in [0.2, 0.25) is 0 Å². The van der Waals surface area contributed by atoms with Crippen LogP contribution < -0.4 is 0 Å². The predicted molar refractivity (Wildman–Crippen MR) is 160 cm³/mol. The average Bonchev–Trinajstić information content (AvgIpc) is 2.95. The second kappa shape index (κ2) is 15.4. The number of rotatable bonds is 7. The zero-order chi connectivity index (χ0) is 33.7. The van der Waals surface area contributed by atoms with Gasteiger partial charge in [-0.25, -0.2) is 0 Å². The molecule has 1 fully saturated rings. The highest BCUT2D eigenvalue weighted by atomic mass is 16.7. The molecule has 0 unspecified atom stereocenters. The summed E-state index contributed by atoms with van der Waals surface area (Å²) in [6.07, 6.45) is -2.62. The number of esters is 2. The molecule has 0 saturated carbocycles. The lowest BCUT2D eigenvalue weighted by molar-refractivity contribution is -0.295. The molecule has 0 spiro atoms. The van der Waals surface area contributed by atoms with Gasteiger partial charge in [-0.1, -0.05) is 20.8 Å². The lowest BCUT2D eigenvalue weighted by atomic mass is 9.76. The zero-order valence-corrected chi connectivity index (χ0v) is 28.1. The third kappa shape index (κ3) is 8.95. The largest absolute Gasteiger partial charge is 0.461 e. The van der Waals surface area contributed by atoms with Crippen molar-refractivity contribution in [2.24, 2.45) is 17.8 Å². The van der Waals surface area contributed by atoms with Crippen LogP contribution in [0.4, 0.5) is 0 Å². The molecule has 0 amide bonds. The van der Waals surface area contributed by atoms with Gasteiger partial charge in [-0.15, -0.1) is 0 Å². The van der Waals surface area contributed by atoms with E-state index in [1.54, 1.807) is 27.7 Å². The summed E-state index contributed by atoms with van der Waals surface area (Å²) in [5, 5.41) is 22.6. The van der Waals surface area contributed by atoms with Crippen molar-refractivity contribution in [3.8, 4) is 0 Å². The molecule has 1 saturated heterocycles. The van der Waals surface area contributed by atoms with Gasteiger partial charge in [0.15, 0.2) is 17.9 Å². The van der Waals surface area contributed by atoms with E-state index in [-0.39, 0.29) is 30.6 Å². The molecule has 2 N–H and O–H groups in total. The van der Waals surface area contributed by atoms with Crippen LogP contribution in [-0.4, -0.2) is 114 Å². The molecule has 2 aliphatic heterocycles. The number of aliphatic hydroxyl groups excluding tert-OH is 1. The molecular weight excluding hydrogens is 574 g/mol. The van der Waals surface area contributed by atoms with Crippen molar-refractivity contribution in [3.05, 3.63) is 11.6 Å². The normalized spacial score (nSPS) is 41.0. The quantitative estimate of drug-likeness (QED) is 0.314. The summed E-state index contributed by atoms with van der Waals surface area (Å²) in [7, 11) is 5.12. The minimum Gasteiger partial charge on any atom is -0.461 e. The van der Waals surface area contributed by atoms with Gasteiger partial charge in [-0.3, -0.25) is 19.2 Å². The summed E-state index contributed by atoms with van der Waals surface area (Å²) in [5.41, 5.74) is -3.11. The minimum absolute atomic E-state index is 0.0195. The minimum atomic E-state index is -1.82. The molecule has 0 aromatic carbocycles. The Balaban J connectivity index is 2.68. The van der Waals surface area contributed by atoms with Gasteiger partial charge in [0.1, 0.15) is 30.3 Å². The number of hydrogen-bond donors (Lipinski definition) is 2. The van der Waals surface area contributed by atoms with Crippen molar-refractivity contribution in [1.82, 2.24) is 4.90 Å². The third-order valence-corrected chi connectivity index (χ3v) is 8.96. The monoisotopic (exact) mass is 627 g/mol. The molecule has 2 heterocycles. The average molecular weight is 628 g/mol. The predicted octanol–water partition coefficient (Wildman–Crippen LogP) is 2.22. The number of cyclic esters (lactones) is 1. The molecule has 44 heavy (non-hydrogen) atoms. The van der Waals surface area contributed by atoms with E-state index >= 15 is 0 Å². The van der Waals surface area contributed by atoms with Crippen LogP contribution in [0.5, 0.6) is 0 Å². The van der Waals surface area contributed by atoms with Crippen LogP contribution in [0.3, 0.4) is 0 Å². The van der Waals surface area contributed by atoms with E-state index in [1.165, 1.54) is 34.0 Å². The van der Waals surface area contributed by atoms with Gasteiger partial charge >= 0.3 is 11.9 Å². The molecule has 0 aliphatic carbocycles. The summed E-state index contributed by atoms with van der Waals surface area (Å²) < 4.78 is 29.3. The van der Waals surface area contributed by atoms with Crippen molar-refractivity contribution in [3.63, 3.8) is 0 Å². The van der Waals surface area contributed by atoms with Crippen molar-refractivity contribution >= 4 is 23.5 Å². The summed E-state index contributed by atoms with van der Waals surface area (Å²) in [4.78, 5) is 54.6. The lowest BCUT2D eigenvalue weighted by Gasteiger charge is -2.46. The van der Waals surface area contributed by atoms with Gasteiger partial charge in [0, 0.05) is 37.5 Å². The Morgan fingerprint density at radius 1 is 1.14 bits per heavy atom. The van der Waals surface area contributed by atoms with Crippen molar-refractivity contribution in [2.45, 2.75) is 123 Å².